The number of rotatable bonds is 3. The zero-order valence-corrected chi connectivity index (χ0v) is 7.94. The van der Waals surface area contributed by atoms with Crippen LogP contribution in [0.5, 0.6) is 0 Å². The Kier molecular flexibility index (Phi) is 2.35. The van der Waals surface area contributed by atoms with Gasteiger partial charge in [-0.15, -0.1) is 6.58 Å². The van der Waals surface area contributed by atoms with Crippen LogP contribution in [-0.2, 0) is 4.79 Å². The molecule has 1 aliphatic carbocycles. The molecule has 1 aliphatic rings. The Morgan fingerprint density at radius 2 is 2.14 bits per heavy atom. The third-order valence-electron chi connectivity index (χ3n) is 2.52. The molecule has 2 rings (SSSR count). The molecule has 1 amide bonds. The van der Waals surface area contributed by atoms with Crippen molar-refractivity contribution in [2.24, 2.45) is 11.8 Å². The van der Waals surface area contributed by atoms with E-state index in [9.17, 15) is 4.79 Å². The average molecular weight is 187 g/mol. The van der Waals surface area contributed by atoms with Gasteiger partial charge in [-0.3, -0.25) is 4.79 Å². The van der Waals surface area contributed by atoms with E-state index in [4.69, 9.17) is 0 Å². The van der Waals surface area contributed by atoms with Gasteiger partial charge in [0.25, 0.3) is 0 Å². The maximum atomic E-state index is 11.6. The van der Waals surface area contributed by atoms with Gasteiger partial charge in [-0.2, -0.15) is 0 Å². The monoisotopic (exact) mass is 187 g/mol. The number of hydrogen-bond acceptors (Lipinski definition) is 1. The first-order valence-electron chi connectivity index (χ1n) is 4.79. The van der Waals surface area contributed by atoms with E-state index in [1.54, 1.807) is 0 Å². The van der Waals surface area contributed by atoms with E-state index in [0.717, 1.165) is 12.1 Å². The molecule has 1 fully saturated rings. The van der Waals surface area contributed by atoms with Gasteiger partial charge in [0.05, 0.1) is 0 Å². The SMILES string of the molecule is C=CC1CC1C(=O)Nc1ccccc1. The fraction of sp³-hybridized carbons (Fsp3) is 0.250. The van der Waals surface area contributed by atoms with Crippen LogP contribution < -0.4 is 5.32 Å². The van der Waals surface area contributed by atoms with Crippen molar-refractivity contribution in [3.63, 3.8) is 0 Å². The van der Waals surface area contributed by atoms with Crippen LogP contribution in [-0.4, -0.2) is 5.91 Å². The Morgan fingerprint density at radius 1 is 1.43 bits per heavy atom. The van der Waals surface area contributed by atoms with Gasteiger partial charge in [-0.1, -0.05) is 24.3 Å². The lowest BCUT2D eigenvalue weighted by atomic mass is 10.2. The number of amides is 1. The van der Waals surface area contributed by atoms with Crippen LogP contribution in [0.2, 0.25) is 0 Å². The third-order valence-corrected chi connectivity index (χ3v) is 2.52. The number of nitrogens with one attached hydrogen (secondary N) is 1. The molecule has 1 aromatic carbocycles. The molecule has 0 heterocycles. The topological polar surface area (TPSA) is 29.1 Å². The summed E-state index contributed by atoms with van der Waals surface area (Å²) in [5.74, 6) is 0.646. The van der Waals surface area contributed by atoms with Gasteiger partial charge in [0, 0.05) is 11.6 Å². The summed E-state index contributed by atoms with van der Waals surface area (Å²) in [6, 6.07) is 9.53. The van der Waals surface area contributed by atoms with Crippen LogP contribution in [0.1, 0.15) is 6.42 Å². The van der Waals surface area contributed by atoms with Crippen LogP contribution in [0, 0.1) is 11.8 Å². The number of carbonyl (C=O) groups excluding carboxylic acids is 1. The Bertz CT molecular complexity index is 345. The number of benzene rings is 1. The summed E-state index contributed by atoms with van der Waals surface area (Å²) < 4.78 is 0. The highest BCUT2D eigenvalue weighted by atomic mass is 16.2. The molecule has 2 unspecified atom stereocenters. The van der Waals surface area contributed by atoms with Gasteiger partial charge in [0.15, 0.2) is 0 Å². The first kappa shape index (κ1) is 9.00. The number of carbonyl (C=O) groups is 1. The van der Waals surface area contributed by atoms with Gasteiger partial charge in [0.1, 0.15) is 0 Å². The van der Waals surface area contributed by atoms with Gasteiger partial charge in [-0.05, 0) is 24.5 Å². The largest absolute Gasteiger partial charge is 0.326 e. The minimum Gasteiger partial charge on any atom is -0.326 e. The molecule has 2 heteroatoms. The van der Waals surface area contributed by atoms with E-state index in [2.05, 4.69) is 11.9 Å². The lowest BCUT2D eigenvalue weighted by Crippen LogP contribution is -2.14. The second kappa shape index (κ2) is 3.66. The standard InChI is InChI=1S/C12H13NO/c1-2-9-8-11(9)12(14)13-10-6-4-3-5-7-10/h2-7,9,11H,1,8H2,(H,13,14). The summed E-state index contributed by atoms with van der Waals surface area (Å²) >= 11 is 0. The fourth-order valence-electron chi connectivity index (χ4n) is 1.53. The normalized spacial score (nSPS) is 24.0. The average Bonchev–Trinajstić information content (AvgIpc) is 2.98. The lowest BCUT2D eigenvalue weighted by molar-refractivity contribution is -0.117. The molecule has 1 saturated carbocycles. The number of para-hydroxylation sites is 1. The summed E-state index contributed by atoms with van der Waals surface area (Å²) in [7, 11) is 0. The summed E-state index contributed by atoms with van der Waals surface area (Å²) in [6.45, 7) is 3.68. The van der Waals surface area contributed by atoms with E-state index in [1.807, 2.05) is 36.4 Å². The minimum absolute atomic E-state index is 0.112. The number of allylic oxidation sites excluding steroid dienone is 1. The summed E-state index contributed by atoms with van der Waals surface area (Å²) in [5.41, 5.74) is 0.868. The van der Waals surface area contributed by atoms with Gasteiger partial charge < -0.3 is 5.32 Å². The molecule has 2 atom stereocenters. The third kappa shape index (κ3) is 1.84. The molecule has 1 N–H and O–H groups in total. The first-order valence-corrected chi connectivity index (χ1v) is 4.79. The molecule has 1 aromatic rings. The van der Waals surface area contributed by atoms with Crippen molar-refractivity contribution >= 4 is 11.6 Å². The van der Waals surface area contributed by atoms with Crippen molar-refractivity contribution < 1.29 is 4.79 Å². The first-order chi connectivity index (χ1) is 6.81. The summed E-state index contributed by atoms with van der Waals surface area (Å²) in [4.78, 5) is 11.6. The highest BCUT2D eigenvalue weighted by molar-refractivity contribution is 5.94. The lowest BCUT2D eigenvalue weighted by Gasteiger charge is -2.02. The molecule has 0 aliphatic heterocycles. The zero-order valence-electron chi connectivity index (χ0n) is 7.94. The second-order valence-corrected chi connectivity index (χ2v) is 3.60. The minimum atomic E-state index is 0.112. The molecule has 0 radical (unpaired) electrons. The maximum Gasteiger partial charge on any atom is 0.228 e. The van der Waals surface area contributed by atoms with E-state index < -0.39 is 0 Å². The van der Waals surface area contributed by atoms with Gasteiger partial charge in [0.2, 0.25) is 5.91 Å². The molecular weight excluding hydrogens is 174 g/mol. The predicted molar refractivity (Wildman–Crippen MR) is 56.9 cm³/mol. The zero-order chi connectivity index (χ0) is 9.97. The van der Waals surface area contributed by atoms with Crippen molar-refractivity contribution in [1.29, 1.82) is 0 Å². The van der Waals surface area contributed by atoms with Crippen LogP contribution in [0.25, 0.3) is 0 Å². The highest BCUT2D eigenvalue weighted by Gasteiger charge is 2.40. The number of hydrogen-bond donors (Lipinski definition) is 1. The molecule has 0 spiro atoms. The van der Waals surface area contributed by atoms with E-state index in [1.165, 1.54) is 0 Å². The van der Waals surface area contributed by atoms with Crippen LogP contribution in [0.15, 0.2) is 43.0 Å². The molecular formula is C12H13NO. The number of anilines is 1. The summed E-state index contributed by atoms with van der Waals surface area (Å²) in [6.07, 6.45) is 2.80. The van der Waals surface area contributed by atoms with Crippen LogP contribution in [0.4, 0.5) is 5.69 Å². The Morgan fingerprint density at radius 3 is 2.71 bits per heavy atom. The van der Waals surface area contributed by atoms with Crippen LogP contribution in [0.3, 0.4) is 0 Å². The molecule has 2 nitrogen and oxygen atoms in total. The Balaban J connectivity index is 1.93. The van der Waals surface area contributed by atoms with E-state index >= 15 is 0 Å². The molecule has 0 aromatic heterocycles. The highest BCUT2D eigenvalue weighted by Crippen LogP contribution is 2.39. The van der Waals surface area contributed by atoms with Crippen LogP contribution >= 0.6 is 0 Å². The van der Waals surface area contributed by atoms with Gasteiger partial charge >= 0.3 is 0 Å². The molecule has 0 saturated heterocycles. The van der Waals surface area contributed by atoms with E-state index in [0.29, 0.717) is 5.92 Å². The Hall–Kier alpha value is -1.57. The van der Waals surface area contributed by atoms with Crippen molar-refractivity contribution in [3.8, 4) is 0 Å². The maximum absolute atomic E-state index is 11.6. The van der Waals surface area contributed by atoms with Crippen molar-refractivity contribution in [2.75, 3.05) is 5.32 Å². The molecule has 0 bridgehead atoms. The van der Waals surface area contributed by atoms with Crippen molar-refractivity contribution in [2.45, 2.75) is 6.42 Å². The quantitative estimate of drug-likeness (QED) is 0.723. The van der Waals surface area contributed by atoms with Gasteiger partial charge in [-0.25, -0.2) is 0 Å². The molecule has 72 valence electrons. The van der Waals surface area contributed by atoms with Crippen molar-refractivity contribution in [1.82, 2.24) is 0 Å². The fourth-order valence-corrected chi connectivity index (χ4v) is 1.53. The molecule has 14 heavy (non-hydrogen) atoms. The van der Waals surface area contributed by atoms with E-state index in [-0.39, 0.29) is 11.8 Å². The second-order valence-electron chi connectivity index (χ2n) is 3.60. The Labute approximate surface area is 83.6 Å². The predicted octanol–water partition coefficient (Wildman–Crippen LogP) is 2.45. The van der Waals surface area contributed by atoms with Crippen molar-refractivity contribution in [3.05, 3.63) is 43.0 Å². The smallest absolute Gasteiger partial charge is 0.228 e. The summed E-state index contributed by atoms with van der Waals surface area (Å²) in [5, 5.41) is 2.88.